The van der Waals surface area contributed by atoms with Crippen LogP contribution in [0.25, 0.3) is 0 Å². The molecule has 1 heterocycles. The normalized spacial score (nSPS) is 22.4. The molecular formula is C15H29N3O2S2. The first-order valence-corrected chi connectivity index (χ1v) is 10.6. The second kappa shape index (κ2) is 8.45. The summed E-state index contributed by atoms with van der Waals surface area (Å²) >= 11 is 5.41. The van der Waals surface area contributed by atoms with E-state index in [0.29, 0.717) is 25.6 Å². The van der Waals surface area contributed by atoms with Gasteiger partial charge < -0.3 is 10.6 Å². The molecule has 1 saturated carbocycles. The molecule has 128 valence electrons. The van der Waals surface area contributed by atoms with Crippen LogP contribution in [0.3, 0.4) is 0 Å². The van der Waals surface area contributed by atoms with Gasteiger partial charge in [0.2, 0.25) is 10.0 Å². The molecule has 2 aliphatic rings. The third-order valence-electron chi connectivity index (χ3n) is 4.59. The highest BCUT2D eigenvalue weighted by Gasteiger charge is 2.27. The van der Waals surface area contributed by atoms with E-state index in [1.165, 1.54) is 32.1 Å². The molecule has 0 aromatic rings. The number of sulfonamides is 1. The van der Waals surface area contributed by atoms with Crippen molar-refractivity contribution < 1.29 is 8.42 Å². The Bertz CT molecular complexity index is 453. The molecule has 1 saturated heterocycles. The van der Waals surface area contributed by atoms with Crippen molar-refractivity contribution in [3.63, 3.8) is 0 Å². The molecule has 0 unspecified atom stereocenters. The van der Waals surface area contributed by atoms with Crippen LogP contribution in [0.15, 0.2) is 0 Å². The van der Waals surface area contributed by atoms with Gasteiger partial charge in [0, 0.05) is 25.2 Å². The maximum Gasteiger partial charge on any atom is 0.214 e. The summed E-state index contributed by atoms with van der Waals surface area (Å²) in [7, 11) is -3.05. The maximum absolute atomic E-state index is 12.0. The Balaban J connectivity index is 1.71. The van der Waals surface area contributed by atoms with Crippen LogP contribution < -0.4 is 10.6 Å². The van der Waals surface area contributed by atoms with Crippen molar-refractivity contribution in [2.24, 2.45) is 0 Å². The quantitative estimate of drug-likeness (QED) is 0.745. The number of nitrogens with zero attached hydrogens (tertiary/aromatic N) is 1. The van der Waals surface area contributed by atoms with E-state index in [2.05, 4.69) is 10.6 Å². The maximum atomic E-state index is 12.0. The smallest absolute Gasteiger partial charge is 0.214 e. The van der Waals surface area contributed by atoms with Crippen molar-refractivity contribution in [2.45, 2.75) is 70.4 Å². The van der Waals surface area contributed by atoms with Crippen molar-refractivity contribution in [1.82, 2.24) is 14.9 Å². The first-order chi connectivity index (χ1) is 10.5. The summed E-state index contributed by atoms with van der Waals surface area (Å²) in [6.45, 7) is 3.11. The molecule has 0 bridgehead atoms. The Morgan fingerprint density at radius 2 is 1.59 bits per heavy atom. The molecule has 22 heavy (non-hydrogen) atoms. The SMILES string of the molecule is CCCS(=O)(=O)N1CCC(NC(=S)NC2CCCCC2)CC1. The molecule has 0 spiro atoms. The topological polar surface area (TPSA) is 61.4 Å². The summed E-state index contributed by atoms with van der Waals surface area (Å²) < 4.78 is 25.7. The highest BCUT2D eigenvalue weighted by Crippen LogP contribution is 2.18. The summed E-state index contributed by atoms with van der Waals surface area (Å²) in [6, 6.07) is 0.801. The molecule has 0 atom stereocenters. The third-order valence-corrected chi connectivity index (χ3v) is 6.90. The molecule has 0 amide bonds. The first kappa shape index (κ1) is 17.9. The standard InChI is InChI=1S/C15H29N3O2S2/c1-2-12-22(19,20)18-10-8-14(9-11-18)17-15(21)16-13-6-4-3-5-7-13/h13-14H,2-12H2,1H3,(H2,16,17,21). The lowest BCUT2D eigenvalue weighted by molar-refractivity contribution is 0.305. The lowest BCUT2D eigenvalue weighted by Gasteiger charge is -2.33. The van der Waals surface area contributed by atoms with Gasteiger partial charge in [0.05, 0.1) is 5.75 Å². The van der Waals surface area contributed by atoms with Crippen LogP contribution in [0.2, 0.25) is 0 Å². The summed E-state index contributed by atoms with van der Waals surface area (Å²) in [6.07, 6.45) is 8.65. The number of hydrogen-bond acceptors (Lipinski definition) is 3. The van der Waals surface area contributed by atoms with E-state index in [-0.39, 0.29) is 11.8 Å². The van der Waals surface area contributed by atoms with Gasteiger partial charge in [0.25, 0.3) is 0 Å². The summed E-state index contributed by atoms with van der Waals surface area (Å²) in [5.41, 5.74) is 0. The number of hydrogen-bond donors (Lipinski definition) is 2. The lowest BCUT2D eigenvalue weighted by Crippen LogP contribution is -2.51. The van der Waals surface area contributed by atoms with Gasteiger partial charge in [-0.15, -0.1) is 0 Å². The number of nitrogens with one attached hydrogen (secondary N) is 2. The fourth-order valence-electron chi connectivity index (χ4n) is 3.32. The highest BCUT2D eigenvalue weighted by atomic mass is 32.2. The predicted octanol–water partition coefficient (Wildman–Crippen LogP) is 1.99. The minimum atomic E-state index is -3.05. The van der Waals surface area contributed by atoms with Gasteiger partial charge in [-0.05, 0) is 44.3 Å². The summed E-state index contributed by atoms with van der Waals surface area (Å²) in [4.78, 5) is 0. The van der Waals surface area contributed by atoms with Gasteiger partial charge in [-0.3, -0.25) is 0 Å². The first-order valence-electron chi connectivity index (χ1n) is 8.56. The molecule has 2 N–H and O–H groups in total. The molecule has 0 aromatic heterocycles. The van der Waals surface area contributed by atoms with E-state index in [4.69, 9.17) is 12.2 Å². The van der Waals surface area contributed by atoms with Crippen molar-refractivity contribution in [2.75, 3.05) is 18.8 Å². The zero-order valence-corrected chi connectivity index (χ0v) is 15.1. The van der Waals surface area contributed by atoms with E-state index in [9.17, 15) is 8.42 Å². The van der Waals surface area contributed by atoms with Crippen LogP contribution in [0.5, 0.6) is 0 Å². The molecule has 0 aromatic carbocycles. The predicted molar refractivity (Wildman–Crippen MR) is 94.4 cm³/mol. The van der Waals surface area contributed by atoms with E-state index >= 15 is 0 Å². The van der Waals surface area contributed by atoms with Gasteiger partial charge in [-0.2, -0.15) is 0 Å². The zero-order chi connectivity index (χ0) is 16.0. The van der Waals surface area contributed by atoms with E-state index in [0.717, 1.165) is 18.0 Å². The second-order valence-electron chi connectivity index (χ2n) is 6.44. The molecule has 1 aliphatic heterocycles. The fourth-order valence-corrected chi connectivity index (χ4v) is 5.20. The van der Waals surface area contributed by atoms with Gasteiger partial charge in [0.15, 0.2) is 5.11 Å². The number of piperidine rings is 1. The Hall–Kier alpha value is -0.400. The van der Waals surface area contributed by atoms with Crippen LogP contribution in [-0.4, -0.2) is 48.8 Å². The largest absolute Gasteiger partial charge is 0.360 e. The Morgan fingerprint density at radius 3 is 2.14 bits per heavy atom. The molecule has 2 fully saturated rings. The number of thiocarbonyl (C=S) groups is 1. The van der Waals surface area contributed by atoms with Gasteiger partial charge in [-0.25, -0.2) is 12.7 Å². The van der Waals surface area contributed by atoms with Crippen molar-refractivity contribution in [3.05, 3.63) is 0 Å². The Kier molecular flexibility index (Phi) is 6.89. The van der Waals surface area contributed by atoms with Crippen LogP contribution in [0.4, 0.5) is 0 Å². The fraction of sp³-hybridized carbons (Fsp3) is 0.933. The van der Waals surface area contributed by atoms with Crippen LogP contribution in [0, 0.1) is 0 Å². The second-order valence-corrected chi connectivity index (χ2v) is 8.94. The van der Waals surface area contributed by atoms with Crippen molar-refractivity contribution in [3.8, 4) is 0 Å². The van der Waals surface area contributed by atoms with Crippen molar-refractivity contribution in [1.29, 1.82) is 0 Å². The minimum absolute atomic E-state index is 0.257. The molecular weight excluding hydrogens is 318 g/mol. The van der Waals surface area contributed by atoms with Gasteiger partial charge in [-0.1, -0.05) is 26.2 Å². The molecule has 5 nitrogen and oxygen atoms in total. The molecule has 0 radical (unpaired) electrons. The van der Waals surface area contributed by atoms with E-state index in [1.54, 1.807) is 4.31 Å². The minimum Gasteiger partial charge on any atom is -0.360 e. The Morgan fingerprint density at radius 1 is 1.05 bits per heavy atom. The third kappa shape index (κ3) is 5.35. The van der Waals surface area contributed by atoms with Crippen LogP contribution >= 0.6 is 12.2 Å². The average molecular weight is 348 g/mol. The Labute approximate surface area is 140 Å². The summed E-state index contributed by atoms with van der Waals surface area (Å²) in [5.74, 6) is 0.257. The highest BCUT2D eigenvalue weighted by molar-refractivity contribution is 7.89. The summed E-state index contributed by atoms with van der Waals surface area (Å²) in [5, 5.41) is 7.52. The van der Waals surface area contributed by atoms with Gasteiger partial charge >= 0.3 is 0 Å². The molecule has 7 heteroatoms. The van der Waals surface area contributed by atoms with Crippen LogP contribution in [-0.2, 0) is 10.0 Å². The average Bonchev–Trinajstić information content (AvgIpc) is 2.48. The van der Waals surface area contributed by atoms with E-state index in [1.807, 2.05) is 6.92 Å². The van der Waals surface area contributed by atoms with Crippen LogP contribution in [0.1, 0.15) is 58.3 Å². The molecule has 1 aliphatic carbocycles. The van der Waals surface area contributed by atoms with Crippen molar-refractivity contribution >= 4 is 27.4 Å². The molecule has 2 rings (SSSR count). The monoisotopic (exact) mass is 347 g/mol. The zero-order valence-electron chi connectivity index (χ0n) is 13.5. The lowest BCUT2D eigenvalue weighted by atomic mass is 9.96. The van der Waals surface area contributed by atoms with E-state index < -0.39 is 10.0 Å². The number of rotatable bonds is 5. The van der Waals surface area contributed by atoms with Gasteiger partial charge in [0.1, 0.15) is 0 Å².